The van der Waals surface area contributed by atoms with E-state index in [4.69, 9.17) is 9.47 Å². The van der Waals surface area contributed by atoms with E-state index in [1.165, 1.54) is 13.1 Å². The molecule has 28 heavy (non-hydrogen) atoms. The van der Waals surface area contributed by atoms with Crippen LogP contribution in [0.15, 0.2) is 42.5 Å². The zero-order valence-electron chi connectivity index (χ0n) is 16.7. The topological polar surface area (TPSA) is 84.9 Å². The predicted molar refractivity (Wildman–Crippen MR) is 110 cm³/mol. The van der Waals surface area contributed by atoms with Crippen molar-refractivity contribution in [1.82, 2.24) is 5.32 Å². The minimum atomic E-state index is -3.40. The lowest BCUT2D eigenvalue weighted by atomic mass is 10.1. The zero-order valence-corrected chi connectivity index (χ0v) is 17.5. The summed E-state index contributed by atoms with van der Waals surface area (Å²) in [5.41, 5.74) is 1.65. The number of nitrogens with one attached hydrogen (secondary N) is 1. The third-order valence-corrected chi connectivity index (χ3v) is 5.22. The summed E-state index contributed by atoms with van der Waals surface area (Å²) in [4.78, 5) is 12.5. The van der Waals surface area contributed by atoms with E-state index in [-0.39, 0.29) is 12.0 Å². The van der Waals surface area contributed by atoms with E-state index in [1.54, 1.807) is 25.3 Å². The van der Waals surface area contributed by atoms with Crippen molar-refractivity contribution in [2.75, 3.05) is 24.7 Å². The van der Waals surface area contributed by atoms with Gasteiger partial charge in [-0.15, -0.1) is 0 Å². The summed E-state index contributed by atoms with van der Waals surface area (Å²) in [6, 6.07) is 11.9. The monoisotopic (exact) mass is 406 g/mol. The average molecular weight is 407 g/mol. The summed E-state index contributed by atoms with van der Waals surface area (Å²) in [6.45, 7) is 4.16. The van der Waals surface area contributed by atoms with Crippen molar-refractivity contribution < 1.29 is 22.7 Å². The molecule has 2 aromatic carbocycles. The molecule has 0 bridgehead atoms. The molecule has 1 amide bonds. The number of nitrogens with zero attached hydrogens (tertiary/aromatic N) is 1. The van der Waals surface area contributed by atoms with Crippen LogP contribution in [0.5, 0.6) is 11.5 Å². The molecule has 0 aliphatic heterocycles. The van der Waals surface area contributed by atoms with E-state index in [0.717, 1.165) is 16.1 Å². The highest BCUT2D eigenvalue weighted by Gasteiger charge is 2.14. The average Bonchev–Trinajstić information content (AvgIpc) is 2.65. The maximum absolute atomic E-state index is 12.5. The maximum Gasteiger partial charge on any atom is 0.251 e. The summed E-state index contributed by atoms with van der Waals surface area (Å²) in [6.07, 6.45) is 1.14. The van der Waals surface area contributed by atoms with E-state index < -0.39 is 10.0 Å². The molecule has 0 aliphatic rings. The van der Waals surface area contributed by atoms with E-state index in [9.17, 15) is 13.2 Å². The normalized spacial score (nSPS) is 11.2. The van der Waals surface area contributed by atoms with Crippen LogP contribution in [0.25, 0.3) is 0 Å². The summed E-state index contributed by atoms with van der Waals surface area (Å²) in [5.74, 6) is 0.937. The first-order valence-corrected chi connectivity index (χ1v) is 10.6. The standard InChI is InChI=1S/C20H26N2O5S/c1-14(2)27-18-10-9-15(11-19(18)26-4)13-21-20(23)16-7-6-8-17(12-16)22(3)28(5,24)25/h6-12,14H,13H2,1-5H3,(H,21,23). The molecule has 8 heteroatoms. The molecule has 152 valence electrons. The number of rotatable bonds is 8. The highest BCUT2D eigenvalue weighted by atomic mass is 32.2. The zero-order chi connectivity index (χ0) is 20.9. The number of methoxy groups -OCH3 is 1. The first-order chi connectivity index (χ1) is 13.1. The number of carbonyl (C=O) groups is 1. The molecule has 2 aromatic rings. The van der Waals surface area contributed by atoms with Crippen LogP contribution in [-0.4, -0.2) is 40.8 Å². The lowest BCUT2D eigenvalue weighted by Gasteiger charge is -2.17. The molecule has 0 saturated carbocycles. The summed E-state index contributed by atoms with van der Waals surface area (Å²) in [7, 11) is -0.390. The second-order valence-corrected chi connectivity index (χ2v) is 8.63. The Morgan fingerprint density at radius 1 is 1.14 bits per heavy atom. The number of ether oxygens (including phenoxy) is 2. The Bertz CT molecular complexity index is 941. The number of hydrogen-bond donors (Lipinski definition) is 1. The number of sulfonamides is 1. The van der Waals surface area contributed by atoms with Gasteiger partial charge in [0.25, 0.3) is 5.91 Å². The Morgan fingerprint density at radius 3 is 2.46 bits per heavy atom. The highest BCUT2D eigenvalue weighted by molar-refractivity contribution is 7.92. The quantitative estimate of drug-likeness (QED) is 0.729. The molecule has 0 atom stereocenters. The van der Waals surface area contributed by atoms with Crippen molar-refractivity contribution in [3.05, 3.63) is 53.6 Å². The maximum atomic E-state index is 12.5. The summed E-state index contributed by atoms with van der Waals surface area (Å²) < 4.78 is 35.5. The molecule has 1 N–H and O–H groups in total. The molecule has 7 nitrogen and oxygen atoms in total. The van der Waals surface area contributed by atoms with Crippen LogP contribution in [0.1, 0.15) is 29.8 Å². The molecule has 0 fully saturated rings. The smallest absolute Gasteiger partial charge is 0.251 e. The van der Waals surface area contributed by atoms with Gasteiger partial charge in [-0.3, -0.25) is 9.10 Å². The molecule has 0 saturated heterocycles. The Balaban J connectivity index is 2.10. The number of carbonyl (C=O) groups excluding carboxylic acids is 1. The lowest BCUT2D eigenvalue weighted by Crippen LogP contribution is -2.26. The van der Waals surface area contributed by atoms with E-state index in [0.29, 0.717) is 29.3 Å². The van der Waals surface area contributed by atoms with Crippen molar-refractivity contribution in [3.63, 3.8) is 0 Å². The molecule has 0 unspecified atom stereocenters. The van der Waals surface area contributed by atoms with Crippen LogP contribution in [-0.2, 0) is 16.6 Å². The fourth-order valence-electron chi connectivity index (χ4n) is 2.49. The van der Waals surface area contributed by atoms with Gasteiger partial charge in [-0.1, -0.05) is 12.1 Å². The molecule has 0 aromatic heterocycles. The van der Waals surface area contributed by atoms with Crippen LogP contribution < -0.4 is 19.1 Å². The Morgan fingerprint density at radius 2 is 1.86 bits per heavy atom. The van der Waals surface area contributed by atoms with E-state index in [1.807, 2.05) is 32.0 Å². The fraction of sp³-hybridized carbons (Fsp3) is 0.350. The first-order valence-electron chi connectivity index (χ1n) is 8.77. The van der Waals surface area contributed by atoms with Gasteiger partial charge in [0.15, 0.2) is 11.5 Å². The van der Waals surface area contributed by atoms with Crippen LogP contribution in [0.3, 0.4) is 0 Å². The molecule has 0 heterocycles. The largest absolute Gasteiger partial charge is 0.493 e. The van der Waals surface area contributed by atoms with Crippen molar-refractivity contribution in [2.45, 2.75) is 26.5 Å². The minimum Gasteiger partial charge on any atom is -0.493 e. The Hall–Kier alpha value is -2.74. The minimum absolute atomic E-state index is 0.0248. The van der Waals surface area contributed by atoms with Gasteiger partial charge in [-0.2, -0.15) is 0 Å². The fourth-order valence-corrected chi connectivity index (χ4v) is 2.99. The van der Waals surface area contributed by atoms with E-state index >= 15 is 0 Å². The van der Waals surface area contributed by atoms with Crippen LogP contribution in [0, 0.1) is 0 Å². The molecule has 0 spiro atoms. The van der Waals surface area contributed by atoms with Crippen LogP contribution >= 0.6 is 0 Å². The molecule has 2 rings (SSSR count). The SMILES string of the molecule is COc1cc(CNC(=O)c2cccc(N(C)S(C)(=O)=O)c2)ccc1OC(C)C. The van der Waals surface area contributed by atoms with Crippen molar-refractivity contribution in [1.29, 1.82) is 0 Å². The first kappa shape index (κ1) is 21.6. The Labute approximate surface area is 166 Å². The number of benzene rings is 2. The lowest BCUT2D eigenvalue weighted by molar-refractivity contribution is 0.0951. The van der Waals surface area contributed by atoms with Gasteiger partial charge < -0.3 is 14.8 Å². The van der Waals surface area contributed by atoms with Gasteiger partial charge in [0.2, 0.25) is 10.0 Å². The highest BCUT2D eigenvalue weighted by Crippen LogP contribution is 2.29. The molecular weight excluding hydrogens is 380 g/mol. The van der Waals surface area contributed by atoms with Crippen molar-refractivity contribution >= 4 is 21.6 Å². The van der Waals surface area contributed by atoms with Crippen LogP contribution in [0.2, 0.25) is 0 Å². The van der Waals surface area contributed by atoms with Gasteiger partial charge in [-0.05, 0) is 49.7 Å². The Kier molecular flexibility index (Phi) is 6.90. The van der Waals surface area contributed by atoms with Gasteiger partial charge >= 0.3 is 0 Å². The van der Waals surface area contributed by atoms with Crippen molar-refractivity contribution in [2.24, 2.45) is 0 Å². The van der Waals surface area contributed by atoms with Gasteiger partial charge in [-0.25, -0.2) is 8.42 Å². The molecular formula is C20H26N2O5S. The summed E-state index contributed by atoms with van der Waals surface area (Å²) >= 11 is 0. The van der Waals surface area contributed by atoms with Crippen molar-refractivity contribution in [3.8, 4) is 11.5 Å². The third kappa shape index (κ3) is 5.63. The van der Waals surface area contributed by atoms with Gasteiger partial charge in [0, 0.05) is 19.2 Å². The molecule has 0 radical (unpaired) electrons. The van der Waals surface area contributed by atoms with Crippen LogP contribution in [0.4, 0.5) is 5.69 Å². The predicted octanol–water partition coefficient (Wildman–Crippen LogP) is 2.81. The number of amides is 1. The summed E-state index contributed by atoms with van der Waals surface area (Å²) in [5, 5.41) is 2.83. The van der Waals surface area contributed by atoms with E-state index in [2.05, 4.69) is 5.32 Å². The number of anilines is 1. The van der Waals surface area contributed by atoms with Gasteiger partial charge in [0.1, 0.15) is 0 Å². The molecule has 0 aliphatic carbocycles. The second-order valence-electron chi connectivity index (χ2n) is 6.62. The second kappa shape index (κ2) is 8.97. The van der Waals surface area contributed by atoms with Gasteiger partial charge in [0.05, 0.1) is 25.2 Å². The third-order valence-electron chi connectivity index (χ3n) is 4.01. The number of hydrogen-bond acceptors (Lipinski definition) is 5.